The molecule has 1 heterocycles. The third kappa shape index (κ3) is 3.19. The zero-order chi connectivity index (χ0) is 15.8. The molecule has 0 amide bonds. The molecule has 10 heteroatoms. The fraction of sp³-hybridized carbons (Fsp3) is 0. The van der Waals surface area contributed by atoms with Crippen molar-refractivity contribution in [3.8, 4) is 0 Å². The Morgan fingerprint density at radius 3 is 2.48 bits per heavy atom. The Balaban J connectivity index is 2.44. The Kier molecular flexibility index (Phi) is 3.97. The summed E-state index contributed by atoms with van der Waals surface area (Å²) in [6.07, 6.45) is 0.872. The maximum atomic E-state index is 13.4. The van der Waals surface area contributed by atoms with Crippen LogP contribution in [0.15, 0.2) is 29.3 Å². The number of nitrogen functional groups attached to an aromatic ring is 1. The van der Waals surface area contributed by atoms with Gasteiger partial charge in [0.1, 0.15) is 16.5 Å². The first kappa shape index (κ1) is 15.4. The van der Waals surface area contributed by atoms with Crippen LogP contribution in [0.1, 0.15) is 0 Å². The van der Waals surface area contributed by atoms with Crippen LogP contribution in [0.4, 0.5) is 24.7 Å². The Morgan fingerprint density at radius 2 is 1.86 bits per heavy atom. The third-order valence-electron chi connectivity index (χ3n) is 2.39. The molecule has 0 atom stereocenters. The highest BCUT2D eigenvalue weighted by molar-refractivity contribution is 7.92. The van der Waals surface area contributed by atoms with Gasteiger partial charge in [-0.05, 0) is 6.07 Å². The van der Waals surface area contributed by atoms with Crippen LogP contribution in [0.25, 0.3) is 0 Å². The molecule has 2 rings (SSSR count). The van der Waals surface area contributed by atoms with Crippen LogP contribution >= 0.6 is 11.6 Å². The van der Waals surface area contributed by atoms with Gasteiger partial charge in [-0.1, -0.05) is 11.6 Å². The summed E-state index contributed by atoms with van der Waals surface area (Å²) in [4.78, 5) is 3.09. The number of pyridine rings is 1. The summed E-state index contributed by atoms with van der Waals surface area (Å²) in [5.41, 5.74) is 4.46. The van der Waals surface area contributed by atoms with Crippen molar-refractivity contribution in [2.24, 2.45) is 0 Å². The van der Waals surface area contributed by atoms with E-state index in [-0.39, 0.29) is 16.9 Å². The van der Waals surface area contributed by atoms with Crippen molar-refractivity contribution in [2.75, 3.05) is 10.5 Å². The molecule has 1 aromatic carbocycles. The average molecular weight is 338 g/mol. The molecule has 112 valence electrons. The van der Waals surface area contributed by atoms with E-state index in [2.05, 4.69) is 4.98 Å². The number of halogens is 4. The molecule has 3 N–H and O–H groups in total. The molecule has 0 saturated heterocycles. The predicted octanol–water partition coefficient (Wildman–Crippen LogP) is 2.54. The van der Waals surface area contributed by atoms with E-state index in [0.29, 0.717) is 6.07 Å². The van der Waals surface area contributed by atoms with Crippen molar-refractivity contribution in [3.63, 3.8) is 0 Å². The molecule has 0 aliphatic carbocycles. The van der Waals surface area contributed by atoms with Gasteiger partial charge in [-0.3, -0.25) is 4.72 Å². The summed E-state index contributed by atoms with van der Waals surface area (Å²) in [5, 5.41) is -0.135. The minimum atomic E-state index is -4.33. The van der Waals surface area contributed by atoms with Gasteiger partial charge in [0.2, 0.25) is 0 Å². The number of nitrogens with zero attached hydrogens (tertiary/aromatic N) is 1. The SMILES string of the molecule is Nc1ncc(S(=O)(=O)Nc2cc(F)cc(F)c2F)cc1Cl. The highest BCUT2D eigenvalue weighted by Gasteiger charge is 2.20. The molecule has 0 spiro atoms. The van der Waals surface area contributed by atoms with Gasteiger partial charge in [0.25, 0.3) is 10.0 Å². The lowest BCUT2D eigenvalue weighted by Gasteiger charge is -2.10. The van der Waals surface area contributed by atoms with E-state index in [1.54, 1.807) is 4.72 Å². The van der Waals surface area contributed by atoms with Crippen molar-refractivity contribution in [1.29, 1.82) is 0 Å². The normalized spacial score (nSPS) is 11.4. The Morgan fingerprint density at radius 1 is 1.19 bits per heavy atom. The second-order valence-corrected chi connectivity index (χ2v) is 5.98. The van der Waals surface area contributed by atoms with Crippen LogP contribution in [0.5, 0.6) is 0 Å². The lowest BCUT2D eigenvalue weighted by atomic mass is 10.3. The topological polar surface area (TPSA) is 85.1 Å². The molecule has 0 fully saturated rings. The van der Waals surface area contributed by atoms with Crippen LogP contribution < -0.4 is 10.5 Å². The largest absolute Gasteiger partial charge is 0.382 e. The standard InChI is InChI=1S/C11H7ClF3N3O2S/c12-7-3-6(4-17-11(7)16)21(19,20)18-9-2-5(13)1-8(14)10(9)15/h1-4,18H,(H2,16,17). The number of sulfonamides is 1. The first-order valence-electron chi connectivity index (χ1n) is 5.29. The fourth-order valence-electron chi connectivity index (χ4n) is 1.41. The van der Waals surface area contributed by atoms with Crippen molar-refractivity contribution >= 4 is 33.1 Å². The molecule has 0 aliphatic heterocycles. The van der Waals surface area contributed by atoms with Crippen LogP contribution in [-0.4, -0.2) is 13.4 Å². The molecular weight excluding hydrogens is 331 g/mol. The van der Waals surface area contributed by atoms with E-state index in [1.807, 2.05) is 0 Å². The van der Waals surface area contributed by atoms with E-state index < -0.39 is 38.1 Å². The molecule has 0 aliphatic rings. The van der Waals surface area contributed by atoms with E-state index in [1.165, 1.54) is 0 Å². The Hall–Kier alpha value is -2.00. The van der Waals surface area contributed by atoms with Gasteiger partial charge >= 0.3 is 0 Å². The quantitative estimate of drug-likeness (QED) is 0.843. The van der Waals surface area contributed by atoms with Gasteiger partial charge < -0.3 is 5.73 Å². The molecule has 0 unspecified atom stereocenters. The van der Waals surface area contributed by atoms with Crippen molar-refractivity contribution in [2.45, 2.75) is 4.90 Å². The summed E-state index contributed by atoms with van der Waals surface area (Å²) in [5.74, 6) is -4.30. The molecular formula is C11H7ClF3N3O2S. The highest BCUT2D eigenvalue weighted by atomic mass is 35.5. The van der Waals surface area contributed by atoms with Crippen molar-refractivity contribution in [1.82, 2.24) is 4.98 Å². The first-order valence-corrected chi connectivity index (χ1v) is 7.15. The summed E-state index contributed by atoms with van der Waals surface area (Å²) in [6.45, 7) is 0. The van der Waals surface area contributed by atoms with Crippen LogP contribution in [0, 0.1) is 17.5 Å². The molecule has 21 heavy (non-hydrogen) atoms. The Labute approximate surface area is 122 Å². The maximum absolute atomic E-state index is 13.4. The van der Waals surface area contributed by atoms with Crippen LogP contribution in [0.2, 0.25) is 5.02 Å². The lowest BCUT2D eigenvalue weighted by molar-refractivity contribution is 0.498. The molecule has 2 aromatic rings. The monoisotopic (exact) mass is 337 g/mol. The molecule has 0 saturated carbocycles. The van der Waals surface area contributed by atoms with E-state index >= 15 is 0 Å². The second-order valence-electron chi connectivity index (χ2n) is 3.89. The van der Waals surface area contributed by atoms with Gasteiger partial charge in [0.05, 0.1) is 10.7 Å². The number of benzene rings is 1. The summed E-state index contributed by atoms with van der Waals surface area (Å²) in [7, 11) is -4.33. The zero-order valence-corrected chi connectivity index (χ0v) is 11.6. The zero-order valence-electron chi connectivity index (χ0n) is 10.1. The average Bonchev–Trinajstić information content (AvgIpc) is 2.38. The van der Waals surface area contributed by atoms with Crippen molar-refractivity contribution < 1.29 is 21.6 Å². The molecule has 0 radical (unpaired) electrons. The number of nitrogens with one attached hydrogen (secondary N) is 1. The summed E-state index contributed by atoms with van der Waals surface area (Å²) < 4.78 is 65.2. The Bertz CT molecular complexity index is 815. The summed E-state index contributed by atoms with van der Waals surface area (Å²) >= 11 is 5.63. The number of aromatic nitrogens is 1. The number of hydrogen-bond donors (Lipinski definition) is 2. The van der Waals surface area contributed by atoms with E-state index in [0.717, 1.165) is 12.3 Å². The van der Waals surface area contributed by atoms with Gasteiger partial charge in [-0.25, -0.2) is 26.6 Å². The molecule has 5 nitrogen and oxygen atoms in total. The fourth-order valence-corrected chi connectivity index (χ4v) is 2.66. The number of hydrogen-bond acceptors (Lipinski definition) is 4. The van der Waals surface area contributed by atoms with Crippen LogP contribution in [0.3, 0.4) is 0 Å². The third-order valence-corrected chi connectivity index (χ3v) is 4.03. The molecule has 1 aromatic heterocycles. The lowest BCUT2D eigenvalue weighted by Crippen LogP contribution is -2.15. The minimum absolute atomic E-state index is 0.0985. The number of rotatable bonds is 3. The number of nitrogens with two attached hydrogens (primary N) is 1. The smallest absolute Gasteiger partial charge is 0.263 e. The number of anilines is 2. The minimum Gasteiger partial charge on any atom is -0.382 e. The van der Waals surface area contributed by atoms with Gasteiger partial charge in [0, 0.05) is 18.3 Å². The predicted molar refractivity (Wildman–Crippen MR) is 70.8 cm³/mol. The molecule has 0 bridgehead atoms. The van der Waals surface area contributed by atoms with Crippen molar-refractivity contribution in [3.05, 3.63) is 46.9 Å². The van der Waals surface area contributed by atoms with E-state index in [4.69, 9.17) is 17.3 Å². The van der Waals surface area contributed by atoms with Gasteiger partial charge in [-0.2, -0.15) is 0 Å². The van der Waals surface area contributed by atoms with Crippen LogP contribution in [-0.2, 0) is 10.0 Å². The van der Waals surface area contributed by atoms with E-state index in [9.17, 15) is 21.6 Å². The highest BCUT2D eigenvalue weighted by Crippen LogP contribution is 2.24. The summed E-state index contributed by atoms with van der Waals surface area (Å²) in [6, 6.07) is 1.76. The first-order chi connectivity index (χ1) is 9.70. The van der Waals surface area contributed by atoms with Gasteiger partial charge in [-0.15, -0.1) is 0 Å². The van der Waals surface area contributed by atoms with Gasteiger partial charge in [0.15, 0.2) is 11.6 Å². The second kappa shape index (κ2) is 5.41. The maximum Gasteiger partial charge on any atom is 0.263 e.